The smallest absolute Gasteiger partial charge is 0.310 e. The Bertz CT molecular complexity index is 632. The highest BCUT2D eigenvalue weighted by atomic mass is 16.5. The highest BCUT2D eigenvalue weighted by Crippen LogP contribution is 2.27. The fraction of sp³-hybridized carbons (Fsp3) is 0.550. The number of rotatable bonds is 7. The summed E-state index contributed by atoms with van der Waals surface area (Å²) in [5, 5.41) is 0. The summed E-state index contributed by atoms with van der Waals surface area (Å²) in [7, 11) is 1.34. The SMILES string of the molecule is CCN(CC(C)C(=O)OC)C(=O)C(c1ccccc1)N1CCCCC1=O. The van der Waals surface area contributed by atoms with Crippen molar-refractivity contribution in [1.82, 2.24) is 9.80 Å². The van der Waals surface area contributed by atoms with Gasteiger partial charge in [0.1, 0.15) is 6.04 Å². The molecule has 26 heavy (non-hydrogen) atoms. The fourth-order valence-corrected chi connectivity index (χ4v) is 3.35. The molecule has 1 saturated heterocycles. The van der Waals surface area contributed by atoms with Gasteiger partial charge in [-0.05, 0) is 25.3 Å². The molecule has 1 fully saturated rings. The van der Waals surface area contributed by atoms with Crippen molar-refractivity contribution < 1.29 is 19.1 Å². The zero-order valence-corrected chi connectivity index (χ0v) is 15.8. The summed E-state index contributed by atoms with van der Waals surface area (Å²) in [6.45, 7) is 4.93. The summed E-state index contributed by atoms with van der Waals surface area (Å²) < 4.78 is 4.77. The maximum Gasteiger partial charge on any atom is 0.310 e. The average Bonchev–Trinajstić information content (AvgIpc) is 2.67. The number of carbonyl (C=O) groups excluding carboxylic acids is 3. The molecule has 6 nitrogen and oxygen atoms in total. The Morgan fingerprint density at radius 3 is 2.50 bits per heavy atom. The van der Waals surface area contributed by atoms with Gasteiger partial charge in [0.05, 0.1) is 13.0 Å². The molecule has 0 radical (unpaired) electrons. The number of hydrogen-bond donors (Lipinski definition) is 0. The van der Waals surface area contributed by atoms with E-state index in [1.165, 1.54) is 7.11 Å². The second-order valence-corrected chi connectivity index (χ2v) is 6.66. The van der Waals surface area contributed by atoms with Gasteiger partial charge in [-0.1, -0.05) is 37.3 Å². The standard InChI is InChI=1S/C20H28N2O4/c1-4-21(14-15(2)20(25)26-3)19(24)18(16-10-6-5-7-11-16)22-13-9-8-12-17(22)23/h5-7,10-11,15,18H,4,8-9,12-14H2,1-3H3. The van der Waals surface area contributed by atoms with Crippen LogP contribution in [0.5, 0.6) is 0 Å². The van der Waals surface area contributed by atoms with E-state index in [-0.39, 0.29) is 24.3 Å². The maximum atomic E-state index is 13.3. The fourth-order valence-electron chi connectivity index (χ4n) is 3.35. The number of esters is 1. The summed E-state index contributed by atoms with van der Waals surface area (Å²) >= 11 is 0. The van der Waals surface area contributed by atoms with Gasteiger partial charge < -0.3 is 14.5 Å². The molecule has 2 atom stereocenters. The van der Waals surface area contributed by atoms with Gasteiger partial charge in [-0.25, -0.2) is 0 Å². The van der Waals surface area contributed by atoms with Gasteiger partial charge in [0, 0.05) is 26.1 Å². The van der Waals surface area contributed by atoms with Crippen molar-refractivity contribution in [1.29, 1.82) is 0 Å². The lowest BCUT2D eigenvalue weighted by molar-refractivity contribution is -0.151. The molecular weight excluding hydrogens is 332 g/mol. The lowest BCUT2D eigenvalue weighted by Gasteiger charge is -2.37. The minimum atomic E-state index is -0.645. The van der Waals surface area contributed by atoms with Gasteiger partial charge in [0.15, 0.2) is 0 Å². The van der Waals surface area contributed by atoms with Crippen molar-refractivity contribution in [2.45, 2.75) is 39.2 Å². The summed E-state index contributed by atoms with van der Waals surface area (Å²) in [6.07, 6.45) is 2.23. The first kappa shape index (κ1) is 19.9. The van der Waals surface area contributed by atoms with E-state index >= 15 is 0 Å². The Morgan fingerprint density at radius 1 is 1.23 bits per heavy atom. The molecular formula is C20H28N2O4. The van der Waals surface area contributed by atoms with Gasteiger partial charge in [0.2, 0.25) is 11.8 Å². The monoisotopic (exact) mass is 360 g/mol. The van der Waals surface area contributed by atoms with Crippen molar-refractivity contribution in [3.05, 3.63) is 35.9 Å². The number of ether oxygens (including phenoxy) is 1. The van der Waals surface area contributed by atoms with Crippen LogP contribution in [0.15, 0.2) is 30.3 Å². The number of nitrogens with zero attached hydrogens (tertiary/aromatic N) is 2. The number of amides is 2. The Kier molecular flexibility index (Phi) is 7.18. The number of piperidine rings is 1. The first-order valence-corrected chi connectivity index (χ1v) is 9.20. The molecule has 0 aromatic heterocycles. The highest BCUT2D eigenvalue weighted by molar-refractivity contribution is 5.89. The summed E-state index contributed by atoms with van der Waals surface area (Å²) in [5.74, 6) is -0.904. The molecule has 0 bridgehead atoms. The molecule has 2 unspecified atom stereocenters. The molecule has 1 aromatic rings. The maximum absolute atomic E-state index is 13.3. The highest BCUT2D eigenvalue weighted by Gasteiger charge is 2.35. The van der Waals surface area contributed by atoms with Crippen LogP contribution in [0, 0.1) is 5.92 Å². The predicted molar refractivity (Wildman–Crippen MR) is 98.2 cm³/mol. The molecule has 0 saturated carbocycles. The third kappa shape index (κ3) is 4.62. The number of carbonyl (C=O) groups is 3. The van der Waals surface area contributed by atoms with Crippen LogP contribution in [0.25, 0.3) is 0 Å². The van der Waals surface area contributed by atoms with Crippen molar-refractivity contribution >= 4 is 17.8 Å². The van der Waals surface area contributed by atoms with Crippen LogP contribution in [0.4, 0.5) is 0 Å². The molecule has 1 aromatic carbocycles. The molecule has 6 heteroatoms. The zero-order valence-electron chi connectivity index (χ0n) is 15.8. The third-order valence-corrected chi connectivity index (χ3v) is 4.81. The minimum Gasteiger partial charge on any atom is -0.469 e. The van der Waals surface area contributed by atoms with Gasteiger partial charge >= 0.3 is 5.97 Å². The van der Waals surface area contributed by atoms with E-state index in [1.807, 2.05) is 37.3 Å². The average molecular weight is 360 g/mol. The first-order valence-electron chi connectivity index (χ1n) is 9.20. The minimum absolute atomic E-state index is 0.00974. The molecule has 142 valence electrons. The topological polar surface area (TPSA) is 66.9 Å². The lowest BCUT2D eigenvalue weighted by Crippen LogP contribution is -2.48. The van der Waals surface area contributed by atoms with Crippen molar-refractivity contribution in [2.75, 3.05) is 26.7 Å². The van der Waals surface area contributed by atoms with E-state index in [2.05, 4.69) is 0 Å². The first-order chi connectivity index (χ1) is 12.5. The molecule has 1 aliphatic rings. The molecule has 0 spiro atoms. The van der Waals surface area contributed by atoms with Crippen LogP contribution in [-0.2, 0) is 19.1 Å². The summed E-state index contributed by atoms with van der Waals surface area (Å²) in [5.41, 5.74) is 0.803. The number of methoxy groups -OCH3 is 1. The Labute approximate surface area is 155 Å². The molecule has 2 rings (SSSR count). The Morgan fingerprint density at radius 2 is 1.92 bits per heavy atom. The summed E-state index contributed by atoms with van der Waals surface area (Å²) in [4.78, 5) is 40.9. The Hall–Kier alpha value is -2.37. The van der Waals surface area contributed by atoms with E-state index in [0.29, 0.717) is 19.5 Å². The lowest BCUT2D eigenvalue weighted by atomic mass is 9.99. The molecule has 2 amide bonds. The normalized spacial score (nSPS) is 16.7. The number of hydrogen-bond acceptors (Lipinski definition) is 4. The largest absolute Gasteiger partial charge is 0.469 e. The van der Waals surface area contributed by atoms with Gasteiger partial charge in [-0.2, -0.15) is 0 Å². The second kappa shape index (κ2) is 9.36. The van der Waals surface area contributed by atoms with Crippen LogP contribution in [0.2, 0.25) is 0 Å². The van der Waals surface area contributed by atoms with E-state index < -0.39 is 12.0 Å². The number of benzene rings is 1. The van der Waals surface area contributed by atoms with Crippen molar-refractivity contribution in [2.24, 2.45) is 5.92 Å². The second-order valence-electron chi connectivity index (χ2n) is 6.66. The van der Waals surface area contributed by atoms with Crippen molar-refractivity contribution in [3.63, 3.8) is 0 Å². The van der Waals surface area contributed by atoms with Crippen LogP contribution in [0.1, 0.15) is 44.7 Å². The molecule has 1 heterocycles. The van der Waals surface area contributed by atoms with Crippen LogP contribution >= 0.6 is 0 Å². The molecule has 0 N–H and O–H groups in total. The van der Waals surface area contributed by atoms with Gasteiger partial charge in [-0.15, -0.1) is 0 Å². The number of likely N-dealkylation sites (tertiary alicyclic amines) is 1. The van der Waals surface area contributed by atoms with Crippen LogP contribution in [-0.4, -0.2) is 54.3 Å². The zero-order chi connectivity index (χ0) is 19.1. The van der Waals surface area contributed by atoms with E-state index in [1.54, 1.807) is 16.7 Å². The van der Waals surface area contributed by atoms with Crippen molar-refractivity contribution in [3.8, 4) is 0 Å². The molecule has 0 aliphatic carbocycles. The van der Waals surface area contributed by atoms with Crippen LogP contribution < -0.4 is 0 Å². The summed E-state index contributed by atoms with van der Waals surface area (Å²) in [6, 6.07) is 8.74. The van der Waals surface area contributed by atoms with E-state index in [9.17, 15) is 14.4 Å². The van der Waals surface area contributed by atoms with Gasteiger partial charge in [-0.3, -0.25) is 14.4 Å². The predicted octanol–water partition coefficient (Wildman–Crippen LogP) is 2.40. The third-order valence-electron chi connectivity index (χ3n) is 4.81. The number of likely N-dealkylation sites (N-methyl/N-ethyl adjacent to an activating group) is 1. The Balaban J connectivity index is 2.29. The van der Waals surface area contributed by atoms with E-state index in [0.717, 1.165) is 18.4 Å². The van der Waals surface area contributed by atoms with E-state index in [4.69, 9.17) is 4.74 Å². The van der Waals surface area contributed by atoms with Crippen LogP contribution in [0.3, 0.4) is 0 Å². The van der Waals surface area contributed by atoms with Gasteiger partial charge in [0.25, 0.3) is 0 Å². The molecule has 1 aliphatic heterocycles. The quantitative estimate of drug-likeness (QED) is 0.700.